The Labute approximate surface area is 165 Å². The molecule has 1 unspecified atom stereocenters. The second kappa shape index (κ2) is 10.0. The Hall–Kier alpha value is -2.67. The SMILES string of the molecule is CN=C(NCc1ccc(C)cc1OCC1CCOC1)NCc1ncccc1F. The summed E-state index contributed by atoms with van der Waals surface area (Å²) < 4.78 is 25.2. The number of ether oxygens (including phenoxy) is 2. The fraction of sp³-hybridized carbons (Fsp3) is 0.429. The highest BCUT2D eigenvalue weighted by Crippen LogP contribution is 2.22. The molecule has 2 aromatic rings. The van der Waals surface area contributed by atoms with E-state index in [-0.39, 0.29) is 12.4 Å². The van der Waals surface area contributed by atoms with Crippen LogP contribution in [0.15, 0.2) is 41.5 Å². The Balaban J connectivity index is 1.56. The zero-order valence-electron chi connectivity index (χ0n) is 16.4. The minimum Gasteiger partial charge on any atom is -0.493 e. The van der Waals surface area contributed by atoms with Crippen LogP contribution in [0.4, 0.5) is 4.39 Å². The van der Waals surface area contributed by atoms with E-state index >= 15 is 0 Å². The average molecular weight is 386 g/mol. The van der Waals surface area contributed by atoms with Gasteiger partial charge in [-0.3, -0.25) is 9.98 Å². The molecule has 2 heterocycles. The summed E-state index contributed by atoms with van der Waals surface area (Å²) in [6.45, 7) is 5.08. The molecule has 1 fully saturated rings. The highest BCUT2D eigenvalue weighted by atomic mass is 19.1. The molecule has 1 aromatic heterocycles. The van der Waals surface area contributed by atoms with Gasteiger partial charge in [-0.2, -0.15) is 0 Å². The monoisotopic (exact) mass is 386 g/mol. The van der Waals surface area contributed by atoms with Gasteiger partial charge in [-0.05, 0) is 37.1 Å². The number of halogens is 1. The van der Waals surface area contributed by atoms with Gasteiger partial charge >= 0.3 is 0 Å². The lowest BCUT2D eigenvalue weighted by Gasteiger charge is -2.17. The van der Waals surface area contributed by atoms with Crippen LogP contribution in [0.3, 0.4) is 0 Å². The molecule has 150 valence electrons. The van der Waals surface area contributed by atoms with Crippen LogP contribution in [-0.4, -0.2) is 37.8 Å². The molecule has 1 atom stereocenters. The van der Waals surface area contributed by atoms with Gasteiger partial charge in [0.2, 0.25) is 0 Å². The zero-order chi connectivity index (χ0) is 19.8. The van der Waals surface area contributed by atoms with Gasteiger partial charge in [0.15, 0.2) is 5.96 Å². The average Bonchev–Trinajstić information content (AvgIpc) is 3.22. The number of benzene rings is 1. The number of nitrogens with one attached hydrogen (secondary N) is 2. The van der Waals surface area contributed by atoms with Gasteiger partial charge in [-0.15, -0.1) is 0 Å². The van der Waals surface area contributed by atoms with Gasteiger partial charge in [-0.25, -0.2) is 4.39 Å². The van der Waals surface area contributed by atoms with Crippen LogP contribution in [0.5, 0.6) is 5.75 Å². The van der Waals surface area contributed by atoms with E-state index in [2.05, 4.69) is 32.7 Å². The summed E-state index contributed by atoms with van der Waals surface area (Å²) in [6, 6.07) is 9.12. The first-order valence-electron chi connectivity index (χ1n) is 9.49. The molecule has 2 N–H and O–H groups in total. The van der Waals surface area contributed by atoms with E-state index < -0.39 is 0 Å². The number of nitrogens with zero attached hydrogens (tertiary/aromatic N) is 2. The Morgan fingerprint density at radius 1 is 1.32 bits per heavy atom. The molecular weight excluding hydrogens is 359 g/mol. The molecular formula is C21H27FN4O2. The maximum absolute atomic E-state index is 13.7. The summed E-state index contributed by atoms with van der Waals surface area (Å²) in [6.07, 6.45) is 2.61. The van der Waals surface area contributed by atoms with Crippen molar-refractivity contribution in [2.24, 2.45) is 10.9 Å². The smallest absolute Gasteiger partial charge is 0.191 e. The molecule has 1 saturated heterocycles. The predicted molar refractivity (Wildman–Crippen MR) is 107 cm³/mol. The first kappa shape index (κ1) is 20.1. The molecule has 0 amide bonds. The molecule has 6 nitrogen and oxygen atoms in total. The zero-order valence-corrected chi connectivity index (χ0v) is 16.4. The number of hydrogen-bond acceptors (Lipinski definition) is 4. The van der Waals surface area contributed by atoms with Crippen LogP contribution < -0.4 is 15.4 Å². The van der Waals surface area contributed by atoms with Crippen molar-refractivity contribution < 1.29 is 13.9 Å². The van der Waals surface area contributed by atoms with E-state index in [1.54, 1.807) is 19.3 Å². The van der Waals surface area contributed by atoms with E-state index in [1.165, 1.54) is 6.07 Å². The number of aromatic nitrogens is 1. The number of aryl methyl sites for hydroxylation is 1. The summed E-state index contributed by atoms with van der Waals surface area (Å²) in [5, 5.41) is 6.33. The molecule has 7 heteroatoms. The van der Waals surface area contributed by atoms with Crippen LogP contribution in [0.2, 0.25) is 0 Å². The topological polar surface area (TPSA) is 67.8 Å². The molecule has 28 heavy (non-hydrogen) atoms. The van der Waals surface area contributed by atoms with Crippen molar-refractivity contribution in [1.29, 1.82) is 0 Å². The highest BCUT2D eigenvalue weighted by molar-refractivity contribution is 5.79. The highest BCUT2D eigenvalue weighted by Gasteiger charge is 2.17. The minimum absolute atomic E-state index is 0.255. The molecule has 1 aromatic carbocycles. The normalized spacial score (nSPS) is 16.8. The molecule has 3 rings (SSSR count). The van der Waals surface area contributed by atoms with Crippen LogP contribution in [0.25, 0.3) is 0 Å². The summed E-state index contributed by atoms with van der Waals surface area (Å²) in [7, 11) is 1.68. The second-order valence-electron chi connectivity index (χ2n) is 6.86. The summed E-state index contributed by atoms with van der Waals surface area (Å²) in [5.74, 6) is 1.55. The van der Waals surface area contributed by atoms with Crippen molar-refractivity contribution in [3.63, 3.8) is 0 Å². The largest absolute Gasteiger partial charge is 0.493 e. The lowest BCUT2D eigenvalue weighted by Crippen LogP contribution is -2.36. The standard InChI is InChI=1S/C21H27FN4O2/c1-15-5-6-17(20(10-15)28-14-16-7-9-27-13-16)11-25-21(23-2)26-12-19-18(22)4-3-8-24-19/h3-6,8,10,16H,7,9,11-14H2,1-2H3,(H2,23,25,26). The Morgan fingerprint density at radius 3 is 2.93 bits per heavy atom. The first-order valence-corrected chi connectivity index (χ1v) is 9.49. The summed E-state index contributed by atoms with van der Waals surface area (Å²) >= 11 is 0. The molecule has 1 aliphatic rings. The van der Waals surface area contributed by atoms with E-state index in [1.807, 2.05) is 13.0 Å². The van der Waals surface area contributed by atoms with Crippen molar-refractivity contribution in [1.82, 2.24) is 15.6 Å². The Bertz CT molecular complexity index is 807. The van der Waals surface area contributed by atoms with Crippen LogP contribution in [0, 0.1) is 18.7 Å². The fourth-order valence-electron chi connectivity index (χ4n) is 2.98. The van der Waals surface area contributed by atoms with Crippen molar-refractivity contribution in [2.75, 3.05) is 26.9 Å². The number of rotatable bonds is 7. The predicted octanol–water partition coefficient (Wildman–Crippen LogP) is 2.81. The number of pyridine rings is 1. The van der Waals surface area contributed by atoms with E-state index in [0.717, 1.165) is 36.5 Å². The number of hydrogen-bond donors (Lipinski definition) is 2. The molecule has 0 radical (unpaired) electrons. The Morgan fingerprint density at radius 2 is 2.18 bits per heavy atom. The van der Waals surface area contributed by atoms with Gasteiger partial charge in [0, 0.05) is 37.9 Å². The van der Waals surface area contributed by atoms with Gasteiger partial charge in [0.1, 0.15) is 11.6 Å². The lowest BCUT2D eigenvalue weighted by atomic mass is 10.1. The Kier molecular flexibility index (Phi) is 7.19. The van der Waals surface area contributed by atoms with Crippen molar-refractivity contribution >= 4 is 5.96 Å². The molecule has 0 bridgehead atoms. The number of aliphatic imine (C=N–C) groups is 1. The maximum atomic E-state index is 13.7. The molecule has 0 saturated carbocycles. The number of guanidine groups is 1. The van der Waals surface area contributed by atoms with Gasteiger partial charge in [-0.1, -0.05) is 12.1 Å². The third kappa shape index (κ3) is 5.66. The van der Waals surface area contributed by atoms with Crippen molar-refractivity contribution in [3.05, 3.63) is 59.2 Å². The quantitative estimate of drug-likeness (QED) is 0.566. The van der Waals surface area contributed by atoms with E-state index in [9.17, 15) is 4.39 Å². The van der Waals surface area contributed by atoms with Crippen LogP contribution in [-0.2, 0) is 17.8 Å². The summed E-state index contributed by atoms with van der Waals surface area (Å²) in [4.78, 5) is 8.23. The lowest BCUT2D eigenvalue weighted by molar-refractivity contribution is 0.166. The third-order valence-corrected chi connectivity index (χ3v) is 4.65. The van der Waals surface area contributed by atoms with Gasteiger partial charge in [0.05, 0.1) is 25.5 Å². The molecule has 0 aliphatic carbocycles. The molecule has 1 aliphatic heterocycles. The van der Waals surface area contributed by atoms with Crippen molar-refractivity contribution in [2.45, 2.75) is 26.4 Å². The first-order chi connectivity index (χ1) is 13.7. The van der Waals surface area contributed by atoms with Crippen LogP contribution in [0.1, 0.15) is 23.2 Å². The maximum Gasteiger partial charge on any atom is 0.191 e. The minimum atomic E-state index is -0.337. The van der Waals surface area contributed by atoms with E-state index in [4.69, 9.17) is 9.47 Å². The van der Waals surface area contributed by atoms with Gasteiger partial charge < -0.3 is 20.1 Å². The van der Waals surface area contributed by atoms with Gasteiger partial charge in [0.25, 0.3) is 0 Å². The fourth-order valence-corrected chi connectivity index (χ4v) is 2.98. The second-order valence-corrected chi connectivity index (χ2v) is 6.86. The summed E-state index contributed by atoms with van der Waals surface area (Å²) in [5.41, 5.74) is 2.54. The van der Waals surface area contributed by atoms with E-state index in [0.29, 0.717) is 30.7 Å². The van der Waals surface area contributed by atoms with Crippen LogP contribution >= 0.6 is 0 Å². The third-order valence-electron chi connectivity index (χ3n) is 4.65. The molecule has 0 spiro atoms. The van der Waals surface area contributed by atoms with Crippen molar-refractivity contribution in [3.8, 4) is 5.75 Å².